The molecule has 1 aliphatic carbocycles. The van der Waals surface area contributed by atoms with Gasteiger partial charge in [0.05, 0.1) is 22.0 Å². The summed E-state index contributed by atoms with van der Waals surface area (Å²) in [6.45, 7) is 0. The molecule has 0 radical (unpaired) electrons. The van der Waals surface area contributed by atoms with Gasteiger partial charge in [0.2, 0.25) is 5.43 Å². The number of aromatic carboxylic acids is 1. The first-order valence-electron chi connectivity index (χ1n) is 5.81. The van der Waals surface area contributed by atoms with Gasteiger partial charge in [-0.05, 0) is 12.1 Å². The zero-order valence-corrected chi connectivity index (χ0v) is 10.7. The number of rotatable bonds is 2. The fraction of sp³-hybridized carbons (Fsp3) is 0.231. The summed E-state index contributed by atoms with van der Waals surface area (Å²) in [6, 6.07) is 1.36. The topological polar surface area (TPSA) is 59.3 Å². The molecular weight excluding hydrogens is 292 g/mol. The van der Waals surface area contributed by atoms with E-state index in [0.29, 0.717) is 0 Å². The minimum Gasteiger partial charge on any atom is -0.477 e. The number of alkyl halides is 1. The number of hydrogen-bond acceptors (Lipinski definition) is 2. The molecule has 0 amide bonds. The normalized spacial score (nSPS) is 21.1. The lowest BCUT2D eigenvalue weighted by Crippen LogP contribution is -2.19. The highest BCUT2D eigenvalue weighted by atomic mass is 35.5. The van der Waals surface area contributed by atoms with E-state index in [2.05, 4.69) is 0 Å². The molecule has 1 saturated carbocycles. The van der Waals surface area contributed by atoms with Crippen LogP contribution in [-0.4, -0.2) is 21.8 Å². The molecule has 2 aromatic rings. The Balaban J connectivity index is 2.45. The van der Waals surface area contributed by atoms with Crippen molar-refractivity contribution in [3.05, 3.63) is 45.0 Å². The molecular formula is C13H8ClF2NO3. The van der Waals surface area contributed by atoms with Crippen LogP contribution in [0.3, 0.4) is 0 Å². The zero-order valence-electron chi connectivity index (χ0n) is 9.94. The molecule has 20 heavy (non-hydrogen) atoms. The molecule has 0 aliphatic heterocycles. The lowest BCUT2D eigenvalue weighted by Gasteiger charge is -2.12. The van der Waals surface area contributed by atoms with E-state index in [1.54, 1.807) is 0 Å². The van der Waals surface area contributed by atoms with Gasteiger partial charge >= 0.3 is 5.97 Å². The molecule has 0 saturated heterocycles. The molecule has 0 bridgehead atoms. The standard InChI is InChI=1S/C13H8ClF2NO3/c14-8-2-5(15)1-6-11(8)17(10-3-9(10)16)4-7(12(6)18)13(19)20/h1-2,4,9-10H,3H2,(H,19,20)/t9-,10-/m1/s1. The molecule has 0 unspecified atom stereocenters. The third kappa shape index (κ3) is 1.87. The van der Waals surface area contributed by atoms with Gasteiger partial charge in [-0.15, -0.1) is 0 Å². The van der Waals surface area contributed by atoms with Crippen LogP contribution in [0.1, 0.15) is 22.8 Å². The van der Waals surface area contributed by atoms with Crippen molar-refractivity contribution in [1.29, 1.82) is 0 Å². The summed E-state index contributed by atoms with van der Waals surface area (Å²) < 4.78 is 28.0. The summed E-state index contributed by atoms with van der Waals surface area (Å²) in [5.41, 5.74) is -1.20. The first-order chi connectivity index (χ1) is 9.40. The number of hydrogen-bond donors (Lipinski definition) is 1. The van der Waals surface area contributed by atoms with Gasteiger partial charge in [-0.3, -0.25) is 4.79 Å². The maximum atomic E-state index is 13.4. The SMILES string of the molecule is O=C(O)c1cn([C@@H]2C[C@H]2F)c2c(Cl)cc(F)cc2c1=O. The zero-order chi connectivity index (χ0) is 14.6. The van der Waals surface area contributed by atoms with E-state index in [-0.39, 0.29) is 22.3 Å². The highest BCUT2D eigenvalue weighted by Crippen LogP contribution is 2.41. The van der Waals surface area contributed by atoms with Crippen LogP contribution < -0.4 is 5.43 Å². The van der Waals surface area contributed by atoms with Crippen molar-refractivity contribution < 1.29 is 18.7 Å². The van der Waals surface area contributed by atoms with Gasteiger partial charge in [-0.25, -0.2) is 13.6 Å². The maximum Gasteiger partial charge on any atom is 0.341 e. The van der Waals surface area contributed by atoms with Crippen LogP contribution in [0.4, 0.5) is 8.78 Å². The van der Waals surface area contributed by atoms with E-state index in [9.17, 15) is 18.4 Å². The van der Waals surface area contributed by atoms with Gasteiger partial charge in [0.25, 0.3) is 0 Å². The number of carboxylic acid groups (broad SMARTS) is 1. The van der Waals surface area contributed by atoms with Crippen molar-refractivity contribution in [3.8, 4) is 0 Å². The predicted molar refractivity (Wildman–Crippen MR) is 68.7 cm³/mol. The van der Waals surface area contributed by atoms with Crippen molar-refractivity contribution in [2.24, 2.45) is 0 Å². The van der Waals surface area contributed by atoms with Crippen molar-refractivity contribution in [2.75, 3.05) is 0 Å². The van der Waals surface area contributed by atoms with Crippen LogP contribution in [0.15, 0.2) is 23.1 Å². The van der Waals surface area contributed by atoms with Crippen LogP contribution in [0, 0.1) is 5.82 Å². The van der Waals surface area contributed by atoms with E-state index in [1.807, 2.05) is 0 Å². The number of pyridine rings is 1. The summed E-state index contributed by atoms with van der Waals surface area (Å²) in [5.74, 6) is -2.19. The second-order valence-corrected chi connectivity index (χ2v) is 5.09. The minimum absolute atomic E-state index is 0.0480. The molecule has 1 fully saturated rings. The number of benzene rings is 1. The van der Waals surface area contributed by atoms with Crippen molar-refractivity contribution in [2.45, 2.75) is 18.6 Å². The number of aromatic nitrogens is 1. The summed E-state index contributed by atoms with van der Waals surface area (Å²) in [5, 5.41) is 8.82. The third-order valence-electron chi connectivity index (χ3n) is 3.31. The Labute approximate surface area is 116 Å². The van der Waals surface area contributed by atoms with Crippen LogP contribution in [0.5, 0.6) is 0 Å². The van der Waals surface area contributed by atoms with Crippen molar-refractivity contribution in [3.63, 3.8) is 0 Å². The molecule has 1 aromatic carbocycles. The second kappa shape index (κ2) is 4.28. The molecule has 1 N–H and O–H groups in total. The van der Waals surface area contributed by atoms with Gasteiger partial charge in [-0.2, -0.15) is 0 Å². The maximum absolute atomic E-state index is 13.4. The third-order valence-corrected chi connectivity index (χ3v) is 3.60. The van der Waals surface area contributed by atoms with Gasteiger partial charge in [0, 0.05) is 12.6 Å². The van der Waals surface area contributed by atoms with E-state index >= 15 is 0 Å². The average molecular weight is 300 g/mol. The van der Waals surface area contributed by atoms with E-state index < -0.39 is 35.0 Å². The number of carbonyl (C=O) groups is 1. The highest BCUT2D eigenvalue weighted by molar-refractivity contribution is 6.35. The number of fused-ring (bicyclic) bond motifs is 1. The Morgan fingerprint density at radius 1 is 1.45 bits per heavy atom. The molecule has 3 rings (SSSR count). The lowest BCUT2D eigenvalue weighted by molar-refractivity contribution is 0.0694. The Morgan fingerprint density at radius 3 is 2.65 bits per heavy atom. The Morgan fingerprint density at radius 2 is 2.10 bits per heavy atom. The van der Waals surface area contributed by atoms with Crippen LogP contribution in [0.2, 0.25) is 5.02 Å². The monoisotopic (exact) mass is 299 g/mol. The fourth-order valence-corrected chi connectivity index (χ4v) is 2.57. The van der Waals surface area contributed by atoms with E-state index in [0.717, 1.165) is 18.3 Å². The summed E-state index contributed by atoms with van der Waals surface area (Å²) >= 11 is 5.92. The predicted octanol–water partition coefficient (Wildman–Crippen LogP) is 2.78. The van der Waals surface area contributed by atoms with E-state index in [1.165, 1.54) is 4.57 Å². The highest BCUT2D eigenvalue weighted by Gasteiger charge is 2.40. The smallest absolute Gasteiger partial charge is 0.341 e. The second-order valence-electron chi connectivity index (χ2n) is 4.69. The summed E-state index contributed by atoms with van der Waals surface area (Å²) in [4.78, 5) is 23.1. The molecule has 1 aliphatic rings. The average Bonchev–Trinajstić information content (AvgIpc) is 3.07. The Bertz CT molecular complexity index is 802. The quantitative estimate of drug-likeness (QED) is 0.927. The minimum atomic E-state index is -1.44. The van der Waals surface area contributed by atoms with Crippen LogP contribution in [-0.2, 0) is 0 Å². The first-order valence-corrected chi connectivity index (χ1v) is 6.19. The molecule has 104 valence electrons. The van der Waals surface area contributed by atoms with Gasteiger partial charge in [0.15, 0.2) is 0 Å². The van der Waals surface area contributed by atoms with E-state index in [4.69, 9.17) is 16.7 Å². The summed E-state index contributed by atoms with van der Waals surface area (Å²) in [6.07, 6.45) is 0.162. The fourth-order valence-electron chi connectivity index (χ4n) is 2.26. The van der Waals surface area contributed by atoms with Crippen molar-refractivity contribution >= 4 is 28.5 Å². The molecule has 7 heteroatoms. The van der Waals surface area contributed by atoms with Crippen molar-refractivity contribution in [1.82, 2.24) is 4.57 Å². The first kappa shape index (κ1) is 13.1. The Kier molecular flexibility index (Phi) is 2.79. The van der Waals surface area contributed by atoms with Crippen LogP contribution in [0.25, 0.3) is 10.9 Å². The van der Waals surface area contributed by atoms with Gasteiger partial charge < -0.3 is 9.67 Å². The number of nitrogens with zero attached hydrogens (tertiary/aromatic N) is 1. The largest absolute Gasteiger partial charge is 0.477 e. The molecule has 1 heterocycles. The lowest BCUT2D eigenvalue weighted by atomic mass is 10.1. The number of halogens is 3. The van der Waals surface area contributed by atoms with Crippen LogP contribution >= 0.6 is 11.6 Å². The Hall–Kier alpha value is -1.95. The molecule has 1 aromatic heterocycles. The van der Waals surface area contributed by atoms with Gasteiger partial charge in [-0.1, -0.05) is 11.6 Å². The number of carboxylic acids is 1. The molecule has 0 spiro atoms. The van der Waals surface area contributed by atoms with Gasteiger partial charge in [0.1, 0.15) is 17.6 Å². The summed E-state index contributed by atoms with van der Waals surface area (Å²) in [7, 11) is 0. The molecule has 4 nitrogen and oxygen atoms in total. The molecule has 2 atom stereocenters.